The summed E-state index contributed by atoms with van der Waals surface area (Å²) in [5.74, 6) is -3.17. The summed E-state index contributed by atoms with van der Waals surface area (Å²) in [6, 6.07) is 5.60. The Hall–Kier alpha value is -3.16. The van der Waals surface area contributed by atoms with E-state index in [2.05, 4.69) is 5.32 Å². The molecule has 1 aromatic rings. The predicted molar refractivity (Wildman–Crippen MR) is 84.3 cm³/mol. The number of hydrogen-bond donors (Lipinski definition) is 3. The fraction of sp³-hybridized carbons (Fsp3) is 0.250. The number of carboxylic acids is 2. The van der Waals surface area contributed by atoms with Crippen LogP contribution in [0.2, 0.25) is 0 Å². The van der Waals surface area contributed by atoms with Crippen molar-refractivity contribution in [2.24, 2.45) is 0 Å². The fourth-order valence-corrected chi connectivity index (χ4v) is 2.90. The van der Waals surface area contributed by atoms with Crippen molar-refractivity contribution in [3.8, 4) is 0 Å². The topological polar surface area (TPSA) is 130 Å². The first-order chi connectivity index (χ1) is 11.2. The van der Waals surface area contributed by atoms with E-state index in [1.807, 2.05) is 0 Å². The number of aliphatic carboxylic acids is 2. The normalized spacial score (nSPS) is 17.5. The standard InChI is InChI=1S/C16H16N2O6/c1-8-12(7-13(19)20)15(14(16(21)22)9(2)17-8)10-4-3-5-11(6-10)18(23)24/h3-6,15,17H,7H2,1-2H3,(H,19,20)(H,21,22). The van der Waals surface area contributed by atoms with Crippen molar-refractivity contribution in [3.05, 3.63) is 62.5 Å². The molecule has 0 spiro atoms. The highest BCUT2D eigenvalue weighted by atomic mass is 16.6. The first kappa shape index (κ1) is 17.2. The molecule has 1 aromatic carbocycles. The van der Waals surface area contributed by atoms with Gasteiger partial charge in [0, 0.05) is 29.4 Å². The average Bonchev–Trinajstić information content (AvgIpc) is 2.48. The quantitative estimate of drug-likeness (QED) is 0.557. The molecule has 8 heteroatoms. The number of carbonyl (C=O) groups is 2. The van der Waals surface area contributed by atoms with E-state index in [1.54, 1.807) is 19.9 Å². The number of rotatable bonds is 5. The van der Waals surface area contributed by atoms with Gasteiger partial charge in [-0.2, -0.15) is 0 Å². The second-order valence-electron chi connectivity index (χ2n) is 5.47. The molecule has 3 N–H and O–H groups in total. The molecule has 8 nitrogen and oxygen atoms in total. The Balaban J connectivity index is 2.67. The number of non-ortho nitro benzene ring substituents is 1. The van der Waals surface area contributed by atoms with Gasteiger partial charge in [0.2, 0.25) is 0 Å². The molecule has 2 rings (SSSR count). The summed E-state index contributed by atoms with van der Waals surface area (Å²) in [5, 5.41) is 32.6. The lowest BCUT2D eigenvalue weighted by atomic mass is 9.79. The maximum absolute atomic E-state index is 11.7. The van der Waals surface area contributed by atoms with Crippen molar-refractivity contribution in [3.63, 3.8) is 0 Å². The number of nitro groups is 1. The van der Waals surface area contributed by atoms with Crippen LogP contribution in [0, 0.1) is 10.1 Å². The Labute approximate surface area is 137 Å². The monoisotopic (exact) mass is 332 g/mol. The van der Waals surface area contributed by atoms with Gasteiger partial charge in [0.25, 0.3) is 5.69 Å². The predicted octanol–water partition coefficient (Wildman–Crippen LogP) is 2.39. The number of nitrogens with one attached hydrogen (secondary N) is 1. The number of allylic oxidation sites excluding steroid dienone is 2. The molecule has 1 aliphatic rings. The van der Waals surface area contributed by atoms with Gasteiger partial charge in [-0.15, -0.1) is 0 Å². The smallest absolute Gasteiger partial charge is 0.334 e. The van der Waals surface area contributed by atoms with Gasteiger partial charge in [-0.05, 0) is 25.0 Å². The molecular weight excluding hydrogens is 316 g/mol. The summed E-state index contributed by atoms with van der Waals surface area (Å²) in [6.07, 6.45) is -0.365. The molecule has 1 unspecified atom stereocenters. The molecule has 0 fully saturated rings. The van der Waals surface area contributed by atoms with E-state index in [0.29, 0.717) is 22.5 Å². The Bertz CT molecular complexity index is 794. The summed E-state index contributed by atoms with van der Waals surface area (Å²) in [7, 11) is 0. The van der Waals surface area contributed by atoms with E-state index in [4.69, 9.17) is 5.11 Å². The SMILES string of the molecule is CC1=C(CC(=O)O)C(c2cccc([N+](=O)[O-])c2)C(C(=O)O)=C(C)N1. The third kappa shape index (κ3) is 3.27. The first-order valence-corrected chi connectivity index (χ1v) is 7.09. The minimum Gasteiger partial charge on any atom is -0.481 e. The molecule has 0 saturated carbocycles. The molecular formula is C16H16N2O6. The molecule has 1 atom stereocenters. The Morgan fingerprint density at radius 2 is 1.92 bits per heavy atom. The Morgan fingerprint density at radius 3 is 2.46 bits per heavy atom. The third-order valence-electron chi connectivity index (χ3n) is 3.88. The fourth-order valence-electron chi connectivity index (χ4n) is 2.90. The summed E-state index contributed by atoms with van der Waals surface area (Å²) in [6.45, 7) is 3.24. The highest BCUT2D eigenvalue weighted by molar-refractivity contribution is 5.91. The van der Waals surface area contributed by atoms with Crippen LogP contribution >= 0.6 is 0 Å². The molecule has 0 bridgehead atoms. The van der Waals surface area contributed by atoms with Crippen LogP contribution in [0.1, 0.15) is 31.7 Å². The van der Waals surface area contributed by atoms with Gasteiger partial charge in [-0.1, -0.05) is 12.1 Å². The van der Waals surface area contributed by atoms with E-state index in [9.17, 15) is 24.8 Å². The number of nitro benzene ring substituents is 1. The summed E-state index contributed by atoms with van der Waals surface area (Å²) in [5.41, 5.74) is 1.46. The molecule has 24 heavy (non-hydrogen) atoms. The largest absolute Gasteiger partial charge is 0.481 e. The van der Waals surface area contributed by atoms with Crippen LogP contribution in [0.15, 0.2) is 46.8 Å². The zero-order chi connectivity index (χ0) is 18.0. The van der Waals surface area contributed by atoms with E-state index >= 15 is 0 Å². The lowest BCUT2D eigenvalue weighted by Gasteiger charge is -2.30. The van der Waals surface area contributed by atoms with Crippen molar-refractivity contribution >= 4 is 17.6 Å². The molecule has 1 heterocycles. The van der Waals surface area contributed by atoms with Crippen LogP contribution in [0.3, 0.4) is 0 Å². The summed E-state index contributed by atoms with van der Waals surface area (Å²) < 4.78 is 0. The summed E-state index contributed by atoms with van der Waals surface area (Å²) >= 11 is 0. The number of dihydropyridines is 1. The van der Waals surface area contributed by atoms with Crippen LogP contribution in [0.25, 0.3) is 0 Å². The van der Waals surface area contributed by atoms with Crippen LogP contribution in [-0.4, -0.2) is 27.1 Å². The Kier molecular flexibility index (Phi) is 4.68. The van der Waals surface area contributed by atoms with Crippen molar-refractivity contribution in [1.29, 1.82) is 0 Å². The number of carboxylic acid groups (broad SMARTS) is 2. The maximum Gasteiger partial charge on any atom is 0.334 e. The minimum absolute atomic E-state index is 0.0163. The van der Waals surface area contributed by atoms with Gasteiger partial charge in [-0.3, -0.25) is 14.9 Å². The highest BCUT2D eigenvalue weighted by Gasteiger charge is 2.34. The number of nitrogens with zero attached hydrogens (tertiary/aromatic N) is 1. The minimum atomic E-state index is -1.20. The lowest BCUT2D eigenvalue weighted by Crippen LogP contribution is -2.29. The number of hydrogen-bond acceptors (Lipinski definition) is 5. The van der Waals surface area contributed by atoms with Gasteiger partial charge in [0.1, 0.15) is 0 Å². The van der Waals surface area contributed by atoms with E-state index in [0.717, 1.165) is 0 Å². The van der Waals surface area contributed by atoms with Crippen LogP contribution in [-0.2, 0) is 9.59 Å². The molecule has 126 valence electrons. The zero-order valence-corrected chi connectivity index (χ0v) is 13.1. The third-order valence-corrected chi connectivity index (χ3v) is 3.88. The van der Waals surface area contributed by atoms with E-state index in [-0.39, 0.29) is 17.7 Å². The van der Waals surface area contributed by atoms with Crippen molar-refractivity contribution in [2.45, 2.75) is 26.2 Å². The van der Waals surface area contributed by atoms with Crippen molar-refractivity contribution in [2.75, 3.05) is 0 Å². The van der Waals surface area contributed by atoms with Crippen molar-refractivity contribution in [1.82, 2.24) is 5.32 Å². The molecule has 1 aliphatic heterocycles. The summed E-state index contributed by atoms with van der Waals surface area (Å²) in [4.78, 5) is 33.3. The Morgan fingerprint density at radius 1 is 1.25 bits per heavy atom. The molecule has 0 radical (unpaired) electrons. The molecule has 0 amide bonds. The molecule has 0 saturated heterocycles. The van der Waals surface area contributed by atoms with Gasteiger partial charge in [0.15, 0.2) is 0 Å². The second kappa shape index (κ2) is 6.53. The van der Waals surface area contributed by atoms with Gasteiger partial charge in [0.05, 0.1) is 16.9 Å². The van der Waals surface area contributed by atoms with Crippen LogP contribution < -0.4 is 5.32 Å². The van der Waals surface area contributed by atoms with Crippen LogP contribution in [0.4, 0.5) is 5.69 Å². The van der Waals surface area contributed by atoms with Gasteiger partial charge < -0.3 is 15.5 Å². The molecule has 0 aliphatic carbocycles. The van der Waals surface area contributed by atoms with Gasteiger partial charge in [-0.25, -0.2) is 4.79 Å². The van der Waals surface area contributed by atoms with Crippen LogP contribution in [0.5, 0.6) is 0 Å². The molecule has 0 aromatic heterocycles. The average molecular weight is 332 g/mol. The first-order valence-electron chi connectivity index (χ1n) is 7.09. The lowest BCUT2D eigenvalue weighted by molar-refractivity contribution is -0.384. The number of benzene rings is 1. The van der Waals surface area contributed by atoms with Gasteiger partial charge >= 0.3 is 11.9 Å². The van der Waals surface area contributed by atoms with Crippen molar-refractivity contribution < 1.29 is 24.7 Å². The van der Waals surface area contributed by atoms with E-state index < -0.39 is 22.8 Å². The maximum atomic E-state index is 11.7. The zero-order valence-electron chi connectivity index (χ0n) is 13.1. The second-order valence-corrected chi connectivity index (χ2v) is 5.47. The van der Waals surface area contributed by atoms with E-state index in [1.165, 1.54) is 18.2 Å². The highest BCUT2D eigenvalue weighted by Crippen LogP contribution is 2.40.